The van der Waals surface area contributed by atoms with Crippen LogP contribution in [0, 0.1) is 0 Å². The number of hydrogen-bond acceptors (Lipinski definition) is 2. The number of alkyl halides is 6. The molecule has 0 saturated heterocycles. The number of anilines is 1. The molecule has 0 aliphatic carbocycles. The number of halogens is 6. The molecule has 1 rings (SSSR count). The van der Waals surface area contributed by atoms with Gasteiger partial charge in [0.1, 0.15) is 5.75 Å². The minimum atomic E-state index is -5.13. The minimum absolute atomic E-state index is 0.210. The Balaban J connectivity index is 3.54. The Kier molecular flexibility index (Phi) is 3.17. The zero-order chi connectivity index (χ0) is 13.4. The monoisotopic (exact) mass is 259 g/mol. The summed E-state index contributed by atoms with van der Waals surface area (Å²) in [6, 6.07) is 0.444. The fourth-order valence-corrected chi connectivity index (χ4v) is 1.24. The molecule has 0 atom stereocenters. The lowest BCUT2D eigenvalue weighted by Crippen LogP contribution is -2.17. The van der Waals surface area contributed by atoms with Crippen molar-refractivity contribution >= 4 is 5.69 Å². The maximum absolute atomic E-state index is 12.4. The minimum Gasteiger partial charge on any atom is -0.495 e. The zero-order valence-corrected chi connectivity index (χ0v) is 8.41. The van der Waals surface area contributed by atoms with Crippen LogP contribution in [-0.4, -0.2) is 7.11 Å². The average molecular weight is 259 g/mol. The van der Waals surface area contributed by atoms with E-state index in [4.69, 9.17) is 5.73 Å². The van der Waals surface area contributed by atoms with Crippen LogP contribution in [0.4, 0.5) is 32.0 Å². The lowest BCUT2D eigenvalue weighted by Gasteiger charge is -2.17. The van der Waals surface area contributed by atoms with Crippen molar-refractivity contribution in [2.75, 3.05) is 12.8 Å². The molecule has 0 spiro atoms. The van der Waals surface area contributed by atoms with Crippen molar-refractivity contribution in [1.82, 2.24) is 0 Å². The van der Waals surface area contributed by atoms with Gasteiger partial charge in [-0.05, 0) is 12.1 Å². The van der Waals surface area contributed by atoms with Gasteiger partial charge < -0.3 is 10.5 Å². The molecule has 0 radical (unpaired) electrons. The first-order valence-corrected chi connectivity index (χ1v) is 4.19. The molecule has 1 aromatic carbocycles. The van der Waals surface area contributed by atoms with E-state index in [1.165, 1.54) is 0 Å². The lowest BCUT2D eigenvalue weighted by atomic mass is 10.0. The van der Waals surface area contributed by atoms with Crippen molar-refractivity contribution in [3.63, 3.8) is 0 Å². The summed E-state index contributed by atoms with van der Waals surface area (Å²) in [5, 5.41) is 0. The first kappa shape index (κ1) is 13.5. The fraction of sp³-hybridized carbons (Fsp3) is 0.333. The Hall–Kier alpha value is -1.60. The van der Waals surface area contributed by atoms with Gasteiger partial charge in [0.15, 0.2) is 0 Å². The number of rotatable bonds is 1. The molecule has 0 bridgehead atoms. The molecule has 0 fully saturated rings. The predicted molar refractivity (Wildman–Crippen MR) is 47.4 cm³/mol. The van der Waals surface area contributed by atoms with Gasteiger partial charge in [-0.15, -0.1) is 0 Å². The van der Waals surface area contributed by atoms with E-state index >= 15 is 0 Å². The Morgan fingerprint density at radius 1 is 0.941 bits per heavy atom. The maximum Gasteiger partial charge on any atom is 0.417 e. The molecule has 1 aromatic rings. The summed E-state index contributed by atoms with van der Waals surface area (Å²) in [4.78, 5) is 0. The van der Waals surface area contributed by atoms with Gasteiger partial charge in [0, 0.05) is 0 Å². The van der Waals surface area contributed by atoms with Crippen molar-refractivity contribution in [1.29, 1.82) is 0 Å². The van der Waals surface area contributed by atoms with Gasteiger partial charge in [-0.25, -0.2) is 0 Å². The predicted octanol–water partition coefficient (Wildman–Crippen LogP) is 3.32. The normalized spacial score (nSPS) is 12.6. The SMILES string of the molecule is COc1cc(C(F)(F)F)c(C(F)(F)F)cc1N. The van der Waals surface area contributed by atoms with E-state index < -0.39 is 34.9 Å². The Labute approximate surface area is 92.0 Å². The molecular weight excluding hydrogens is 252 g/mol. The van der Waals surface area contributed by atoms with Crippen molar-refractivity contribution in [3.8, 4) is 5.75 Å². The highest BCUT2D eigenvalue weighted by atomic mass is 19.4. The number of ether oxygens (including phenoxy) is 1. The molecule has 0 aromatic heterocycles. The molecule has 0 amide bonds. The Morgan fingerprint density at radius 3 is 1.71 bits per heavy atom. The van der Waals surface area contributed by atoms with Gasteiger partial charge in [-0.2, -0.15) is 26.3 Å². The van der Waals surface area contributed by atoms with Crippen molar-refractivity contribution in [3.05, 3.63) is 23.3 Å². The lowest BCUT2D eigenvalue weighted by molar-refractivity contribution is -0.162. The van der Waals surface area contributed by atoms with Crippen molar-refractivity contribution in [2.24, 2.45) is 0 Å². The molecule has 0 unspecified atom stereocenters. The highest BCUT2D eigenvalue weighted by molar-refractivity contribution is 5.58. The van der Waals surface area contributed by atoms with E-state index in [2.05, 4.69) is 4.74 Å². The van der Waals surface area contributed by atoms with Gasteiger partial charge in [-0.1, -0.05) is 0 Å². The second-order valence-corrected chi connectivity index (χ2v) is 3.14. The third-order valence-corrected chi connectivity index (χ3v) is 1.98. The highest BCUT2D eigenvalue weighted by Gasteiger charge is 2.43. The maximum atomic E-state index is 12.4. The fourth-order valence-electron chi connectivity index (χ4n) is 1.24. The zero-order valence-electron chi connectivity index (χ0n) is 8.41. The van der Waals surface area contributed by atoms with Gasteiger partial charge in [0.2, 0.25) is 0 Å². The van der Waals surface area contributed by atoms with Crippen molar-refractivity contribution < 1.29 is 31.1 Å². The van der Waals surface area contributed by atoms with Crippen LogP contribution < -0.4 is 10.5 Å². The van der Waals surface area contributed by atoms with E-state index in [1.807, 2.05) is 0 Å². The number of benzene rings is 1. The van der Waals surface area contributed by atoms with Crippen LogP contribution >= 0.6 is 0 Å². The van der Waals surface area contributed by atoms with Crippen LogP contribution in [0.1, 0.15) is 11.1 Å². The van der Waals surface area contributed by atoms with Gasteiger partial charge in [0.05, 0.1) is 23.9 Å². The number of methoxy groups -OCH3 is 1. The second kappa shape index (κ2) is 4.01. The van der Waals surface area contributed by atoms with Gasteiger partial charge >= 0.3 is 12.4 Å². The summed E-state index contributed by atoms with van der Waals surface area (Å²) >= 11 is 0. The first-order valence-electron chi connectivity index (χ1n) is 4.19. The highest BCUT2D eigenvalue weighted by Crippen LogP contribution is 2.43. The van der Waals surface area contributed by atoms with Crippen LogP contribution in [0.5, 0.6) is 5.75 Å². The first-order chi connectivity index (χ1) is 7.57. The van der Waals surface area contributed by atoms with E-state index in [0.717, 1.165) is 7.11 Å². The molecule has 96 valence electrons. The second-order valence-electron chi connectivity index (χ2n) is 3.14. The topological polar surface area (TPSA) is 35.2 Å². The number of nitrogens with two attached hydrogens (primary N) is 1. The Bertz CT molecular complexity index is 423. The summed E-state index contributed by atoms with van der Waals surface area (Å²) in [5.41, 5.74) is 0.988. The third-order valence-electron chi connectivity index (χ3n) is 1.98. The van der Waals surface area contributed by atoms with Crippen LogP contribution in [0.15, 0.2) is 12.1 Å². The summed E-state index contributed by atoms with van der Waals surface area (Å²) in [5.74, 6) is -0.453. The summed E-state index contributed by atoms with van der Waals surface area (Å²) < 4.78 is 78.9. The van der Waals surface area contributed by atoms with E-state index in [1.54, 1.807) is 0 Å². The quantitative estimate of drug-likeness (QED) is 0.620. The largest absolute Gasteiger partial charge is 0.495 e. The Morgan fingerprint density at radius 2 is 1.35 bits per heavy atom. The number of hydrogen-bond donors (Lipinski definition) is 1. The van der Waals surface area contributed by atoms with E-state index in [0.29, 0.717) is 0 Å². The van der Waals surface area contributed by atoms with Gasteiger partial charge in [-0.3, -0.25) is 0 Å². The molecule has 17 heavy (non-hydrogen) atoms. The van der Waals surface area contributed by atoms with Gasteiger partial charge in [0.25, 0.3) is 0 Å². The summed E-state index contributed by atoms with van der Waals surface area (Å²) in [7, 11) is 1.01. The number of nitrogen functional groups attached to an aromatic ring is 1. The smallest absolute Gasteiger partial charge is 0.417 e. The summed E-state index contributed by atoms with van der Waals surface area (Å²) in [6.45, 7) is 0. The van der Waals surface area contributed by atoms with E-state index in [-0.39, 0.29) is 12.1 Å². The molecule has 8 heteroatoms. The molecule has 0 saturated carbocycles. The molecular formula is C9H7F6NO. The van der Waals surface area contributed by atoms with E-state index in [9.17, 15) is 26.3 Å². The van der Waals surface area contributed by atoms with Crippen LogP contribution in [0.2, 0.25) is 0 Å². The van der Waals surface area contributed by atoms with Crippen LogP contribution in [0.25, 0.3) is 0 Å². The van der Waals surface area contributed by atoms with Crippen LogP contribution in [-0.2, 0) is 12.4 Å². The average Bonchev–Trinajstić information content (AvgIpc) is 2.14. The third kappa shape index (κ3) is 2.75. The summed E-state index contributed by atoms with van der Waals surface area (Å²) in [6.07, 6.45) is -10.3. The molecule has 0 aliphatic rings. The standard InChI is InChI=1S/C9H7F6NO/c1-17-7-3-5(9(13,14)15)4(2-6(7)16)8(10,11)12/h2-3H,16H2,1H3. The molecule has 0 aliphatic heterocycles. The molecule has 0 heterocycles. The molecule has 2 N–H and O–H groups in total. The van der Waals surface area contributed by atoms with Crippen LogP contribution in [0.3, 0.4) is 0 Å². The van der Waals surface area contributed by atoms with Crippen molar-refractivity contribution in [2.45, 2.75) is 12.4 Å². The molecule has 2 nitrogen and oxygen atoms in total.